The van der Waals surface area contributed by atoms with Gasteiger partial charge in [-0.15, -0.1) is 0 Å². The van der Waals surface area contributed by atoms with E-state index in [1.807, 2.05) is 18.3 Å². The van der Waals surface area contributed by atoms with Crippen molar-refractivity contribution < 1.29 is 4.74 Å². The van der Waals surface area contributed by atoms with Crippen molar-refractivity contribution in [2.45, 2.75) is 45.8 Å². The highest BCUT2D eigenvalue weighted by Gasteiger charge is 2.11. The summed E-state index contributed by atoms with van der Waals surface area (Å²) in [6, 6.07) is 6.36. The molecule has 0 spiro atoms. The Labute approximate surface area is 105 Å². The first-order valence-corrected chi connectivity index (χ1v) is 6.50. The van der Waals surface area contributed by atoms with Crippen LogP contribution in [0.1, 0.15) is 45.3 Å². The second-order valence-corrected chi connectivity index (χ2v) is 4.47. The molecule has 0 aromatic carbocycles. The lowest BCUT2D eigenvalue weighted by Gasteiger charge is -2.18. The largest absolute Gasteiger partial charge is 0.379 e. The molecule has 96 valence electrons. The predicted octanol–water partition coefficient (Wildman–Crippen LogP) is 2.94. The molecule has 0 fully saturated rings. The van der Waals surface area contributed by atoms with E-state index < -0.39 is 0 Å². The van der Waals surface area contributed by atoms with Crippen molar-refractivity contribution in [1.82, 2.24) is 10.3 Å². The van der Waals surface area contributed by atoms with E-state index in [1.165, 1.54) is 0 Å². The normalized spacial score (nSPS) is 12.9. The van der Waals surface area contributed by atoms with Crippen molar-refractivity contribution in [3.05, 3.63) is 30.1 Å². The smallest absolute Gasteiger partial charge is 0.0574 e. The van der Waals surface area contributed by atoms with Crippen molar-refractivity contribution in [2.24, 2.45) is 0 Å². The third-order valence-electron chi connectivity index (χ3n) is 2.54. The van der Waals surface area contributed by atoms with Crippen molar-refractivity contribution in [3.63, 3.8) is 0 Å². The van der Waals surface area contributed by atoms with Crippen LogP contribution in [-0.4, -0.2) is 24.2 Å². The van der Waals surface area contributed by atoms with Crippen LogP contribution >= 0.6 is 0 Å². The molecule has 0 radical (unpaired) electrons. The van der Waals surface area contributed by atoms with Crippen LogP contribution in [0.3, 0.4) is 0 Å². The molecule has 1 rings (SSSR count). The average Bonchev–Trinajstić information content (AvgIpc) is 2.34. The molecule has 0 amide bonds. The van der Waals surface area contributed by atoms with Crippen LogP contribution in [0.15, 0.2) is 24.4 Å². The van der Waals surface area contributed by atoms with Gasteiger partial charge in [0.05, 0.1) is 17.8 Å². The zero-order chi connectivity index (χ0) is 12.5. The van der Waals surface area contributed by atoms with Gasteiger partial charge in [-0.3, -0.25) is 4.98 Å². The maximum atomic E-state index is 5.61. The minimum absolute atomic E-state index is 0.297. The number of rotatable bonds is 8. The molecule has 0 saturated carbocycles. The Hall–Kier alpha value is -0.930. The molecule has 17 heavy (non-hydrogen) atoms. The molecule has 1 atom stereocenters. The zero-order valence-electron chi connectivity index (χ0n) is 11.1. The second-order valence-electron chi connectivity index (χ2n) is 4.47. The number of ether oxygens (including phenoxy) is 1. The van der Waals surface area contributed by atoms with Gasteiger partial charge in [0.25, 0.3) is 0 Å². The SMILES string of the molecule is CCCNC(CCOC(C)C)c1ccccn1. The molecule has 3 heteroatoms. The van der Waals surface area contributed by atoms with Gasteiger partial charge in [-0.1, -0.05) is 13.0 Å². The Morgan fingerprint density at radius 1 is 1.35 bits per heavy atom. The summed E-state index contributed by atoms with van der Waals surface area (Å²) in [5, 5.41) is 3.52. The van der Waals surface area contributed by atoms with Crippen LogP contribution < -0.4 is 5.32 Å². The lowest BCUT2D eigenvalue weighted by molar-refractivity contribution is 0.0712. The molecule has 1 heterocycles. The van der Waals surface area contributed by atoms with Crippen molar-refractivity contribution in [1.29, 1.82) is 0 Å². The van der Waals surface area contributed by atoms with Crippen molar-refractivity contribution in [2.75, 3.05) is 13.2 Å². The first-order valence-electron chi connectivity index (χ1n) is 6.50. The Balaban J connectivity index is 2.48. The quantitative estimate of drug-likeness (QED) is 0.753. The van der Waals surface area contributed by atoms with Crippen LogP contribution in [0.25, 0.3) is 0 Å². The predicted molar refractivity (Wildman–Crippen MR) is 71.0 cm³/mol. The molecule has 1 aromatic heterocycles. The first kappa shape index (κ1) is 14.1. The summed E-state index contributed by atoms with van der Waals surface area (Å²) in [5.74, 6) is 0. The Morgan fingerprint density at radius 3 is 2.76 bits per heavy atom. The van der Waals surface area contributed by atoms with Gasteiger partial charge >= 0.3 is 0 Å². The Morgan fingerprint density at radius 2 is 2.18 bits per heavy atom. The number of nitrogens with zero attached hydrogens (tertiary/aromatic N) is 1. The minimum atomic E-state index is 0.297. The van der Waals surface area contributed by atoms with Crippen molar-refractivity contribution in [3.8, 4) is 0 Å². The highest BCUT2D eigenvalue weighted by molar-refractivity contribution is 5.08. The highest BCUT2D eigenvalue weighted by atomic mass is 16.5. The van der Waals surface area contributed by atoms with Gasteiger partial charge in [0.2, 0.25) is 0 Å². The van der Waals surface area contributed by atoms with Gasteiger partial charge in [0.15, 0.2) is 0 Å². The van der Waals surface area contributed by atoms with Gasteiger partial charge in [-0.05, 0) is 45.4 Å². The first-order chi connectivity index (χ1) is 8.24. The third-order valence-corrected chi connectivity index (χ3v) is 2.54. The van der Waals surface area contributed by atoms with E-state index in [4.69, 9.17) is 4.74 Å². The summed E-state index contributed by atoms with van der Waals surface area (Å²) in [5.41, 5.74) is 1.10. The fraction of sp³-hybridized carbons (Fsp3) is 0.643. The van der Waals surface area contributed by atoms with Crippen LogP contribution in [0.5, 0.6) is 0 Å². The zero-order valence-corrected chi connectivity index (χ0v) is 11.1. The fourth-order valence-corrected chi connectivity index (χ4v) is 1.68. The molecule has 1 N–H and O–H groups in total. The van der Waals surface area contributed by atoms with E-state index in [0.29, 0.717) is 12.1 Å². The lowest BCUT2D eigenvalue weighted by Crippen LogP contribution is -2.24. The van der Waals surface area contributed by atoms with E-state index in [2.05, 4.69) is 37.1 Å². The van der Waals surface area contributed by atoms with Gasteiger partial charge in [-0.25, -0.2) is 0 Å². The molecular formula is C14H24N2O. The number of hydrogen-bond donors (Lipinski definition) is 1. The molecule has 3 nitrogen and oxygen atoms in total. The second kappa shape index (κ2) is 8.20. The van der Waals surface area contributed by atoms with Crippen LogP contribution in [0.2, 0.25) is 0 Å². The highest BCUT2D eigenvalue weighted by Crippen LogP contribution is 2.14. The summed E-state index contributed by atoms with van der Waals surface area (Å²) in [6.45, 7) is 8.09. The minimum Gasteiger partial charge on any atom is -0.379 e. The molecule has 0 aliphatic carbocycles. The maximum absolute atomic E-state index is 5.61. The molecule has 0 aliphatic rings. The van der Waals surface area contributed by atoms with Gasteiger partial charge in [0.1, 0.15) is 0 Å². The van der Waals surface area contributed by atoms with Gasteiger partial charge in [0, 0.05) is 12.8 Å². The molecule has 0 aliphatic heterocycles. The Kier molecular flexibility index (Phi) is 6.82. The van der Waals surface area contributed by atoms with E-state index in [-0.39, 0.29) is 0 Å². The number of pyridine rings is 1. The summed E-state index contributed by atoms with van der Waals surface area (Å²) >= 11 is 0. The van der Waals surface area contributed by atoms with E-state index in [9.17, 15) is 0 Å². The molecule has 1 aromatic rings. The van der Waals surface area contributed by atoms with Gasteiger partial charge in [-0.2, -0.15) is 0 Å². The lowest BCUT2D eigenvalue weighted by atomic mass is 10.1. The molecular weight excluding hydrogens is 212 g/mol. The maximum Gasteiger partial charge on any atom is 0.0574 e. The van der Waals surface area contributed by atoms with E-state index in [0.717, 1.165) is 31.7 Å². The van der Waals surface area contributed by atoms with Crippen LogP contribution in [0.4, 0.5) is 0 Å². The van der Waals surface area contributed by atoms with E-state index >= 15 is 0 Å². The number of aromatic nitrogens is 1. The number of nitrogens with one attached hydrogen (secondary N) is 1. The van der Waals surface area contributed by atoms with Gasteiger partial charge < -0.3 is 10.1 Å². The summed E-state index contributed by atoms with van der Waals surface area (Å²) in [6.07, 6.45) is 4.24. The fourth-order valence-electron chi connectivity index (χ4n) is 1.68. The Bertz CT molecular complexity index is 288. The standard InChI is InChI=1S/C14H24N2O/c1-4-9-15-14(8-11-17-12(2)3)13-7-5-6-10-16-13/h5-7,10,12,14-15H,4,8-9,11H2,1-3H3. The summed E-state index contributed by atoms with van der Waals surface area (Å²) in [4.78, 5) is 4.41. The third kappa shape index (κ3) is 5.80. The average molecular weight is 236 g/mol. The van der Waals surface area contributed by atoms with Crippen LogP contribution in [0, 0.1) is 0 Å². The van der Waals surface area contributed by atoms with Crippen molar-refractivity contribution >= 4 is 0 Å². The molecule has 1 unspecified atom stereocenters. The van der Waals surface area contributed by atoms with E-state index in [1.54, 1.807) is 0 Å². The van der Waals surface area contributed by atoms with Crippen LogP contribution in [-0.2, 0) is 4.74 Å². The molecule has 0 saturated heterocycles. The molecule has 0 bridgehead atoms. The summed E-state index contributed by atoms with van der Waals surface area (Å²) in [7, 11) is 0. The number of hydrogen-bond acceptors (Lipinski definition) is 3. The summed E-state index contributed by atoms with van der Waals surface area (Å²) < 4.78 is 5.61. The topological polar surface area (TPSA) is 34.1 Å². The monoisotopic (exact) mass is 236 g/mol.